The lowest BCUT2D eigenvalue weighted by Crippen LogP contribution is -2.13. The van der Waals surface area contributed by atoms with Crippen molar-refractivity contribution < 1.29 is 9.53 Å². The highest BCUT2D eigenvalue weighted by atomic mass is 35.5. The zero-order valence-electron chi connectivity index (χ0n) is 12.2. The molecular weight excluding hydrogens is 302 g/mol. The molecule has 0 saturated heterocycles. The first-order valence-corrected chi connectivity index (χ1v) is 7.52. The summed E-state index contributed by atoms with van der Waals surface area (Å²) in [6, 6.07) is 5.21. The Morgan fingerprint density at radius 3 is 2.91 bits per heavy atom. The molecule has 114 valence electrons. The summed E-state index contributed by atoms with van der Waals surface area (Å²) < 4.78 is 5.54. The van der Waals surface area contributed by atoms with E-state index in [1.165, 1.54) is 19.0 Å². The number of nitrogens with zero attached hydrogens (tertiary/aromatic N) is 2. The van der Waals surface area contributed by atoms with E-state index in [9.17, 15) is 4.79 Å². The van der Waals surface area contributed by atoms with E-state index in [0.29, 0.717) is 34.8 Å². The van der Waals surface area contributed by atoms with Crippen LogP contribution in [0.25, 0.3) is 0 Å². The first-order valence-electron chi connectivity index (χ1n) is 7.14. The number of ether oxygens (including phenoxy) is 1. The number of carbonyl (C=O) groups excluding carboxylic acids is 1. The first kappa shape index (κ1) is 14.8. The largest absolute Gasteiger partial charge is 0.476 e. The van der Waals surface area contributed by atoms with E-state index in [1.807, 2.05) is 13.0 Å². The van der Waals surface area contributed by atoms with Gasteiger partial charge < -0.3 is 10.1 Å². The number of anilines is 1. The number of pyridine rings is 2. The molecule has 0 aromatic carbocycles. The van der Waals surface area contributed by atoms with Crippen molar-refractivity contribution >= 4 is 23.3 Å². The smallest absolute Gasteiger partial charge is 0.258 e. The quantitative estimate of drug-likeness (QED) is 0.917. The van der Waals surface area contributed by atoms with E-state index in [1.54, 1.807) is 18.3 Å². The van der Waals surface area contributed by atoms with Crippen LogP contribution in [0.1, 0.15) is 28.8 Å². The maximum Gasteiger partial charge on any atom is 0.258 e. The maximum absolute atomic E-state index is 12.2. The third-order valence-electron chi connectivity index (χ3n) is 3.38. The third-order valence-corrected chi connectivity index (χ3v) is 3.65. The number of hydrogen-bond acceptors (Lipinski definition) is 4. The van der Waals surface area contributed by atoms with Gasteiger partial charge in [0, 0.05) is 12.4 Å². The Morgan fingerprint density at radius 2 is 2.23 bits per heavy atom. The topological polar surface area (TPSA) is 64.1 Å². The van der Waals surface area contributed by atoms with Crippen molar-refractivity contribution in [3.8, 4) is 5.88 Å². The minimum Gasteiger partial charge on any atom is -0.476 e. The maximum atomic E-state index is 12.2. The summed E-state index contributed by atoms with van der Waals surface area (Å²) in [5, 5.41) is 3.05. The van der Waals surface area contributed by atoms with Crippen molar-refractivity contribution in [3.05, 3.63) is 46.7 Å². The number of amides is 1. The second kappa shape index (κ2) is 6.32. The van der Waals surface area contributed by atoms with Crippen LogP contribution in [0.15, 0.2) is 30.6 Å². The molecule has 5 nitrogen and oxygen atoms in total. The SMILES string of the molecule is Cc1ccnc(NC(=O)c2cnc(OCC3CC3)c(Cl)c2)c1. The van der Waals surface area contributed by atoms with Gasteiger partial charge in [0.15, 0.2) is 0 Å². The zero-order valence-corrected chi connectivity index (χ0v) is 12.9. The number of aryl methyl sites for hydroxylation is 1. The molecule has 3 rings (SSSR count). The van der Waals surface area contributed by atoms with Crippen LogP contribution in [-0.4, -0.2) is 22.5 Å². The van der Waals surface area contributed by atoms with Gasteiger partial charge in [-0.1, -0.05) is 11.6 Å². The molecule has 22 heavy (non-hydrogen) atoms. The molecular formula is C16H16ClN3O2. The van der Waals surface area contributed by atoms with E-state index in [-0.39, 0.29) is 5.91 Å². The third kappa shape index (κ3) is 3.74. The van der Waals surface area contributed by atoms with Crippen LogP contribution in [0.4, 0.5) is 5.82 Å². The monoisotopic (exact) mass is 317 g/mol. The van der Waals surface area contributed by atoms with Gasteiger partial charge in [-0.3, -0.25) is 4.79 Å². The lowest BCUT2D eigenvalue weighted by atomic mass is 10.2. The molecule has 0 aliphatic heterocycles. The molecule has 1 N–H and O–H groups in total. The molecule has 1 amide bonds. The standard InChI is InChI=1S/C16H16ClN3O2/c1-10-4-5-18-14(6-10)20-15(21)12-7-13(17)16(19-8-12)22-9-11-2-3-11/h4-8,11H,2-3,9H2,1H3,(H,18,20,21). The predicted molar refractivity (Wildman–Crippen MR) is 84.4 cm³/mol. The number of aromatic nitrogens is 2. The highest BCUT2D eigenvalue weighted by Gasteiger charge is 2.22. The lowest BCUT2D eigenvalue weighted by Gasteiger charge is -2.08. The molecule has 2 aromatic heterocycles. The molecule has 0 radical (unpaired) electrons. The summed E-state index contributed by atoms with van der Waals surface area (Å²) in [6.45, 7) is 2.56. The molecule has 2 heterocycles. The van der Waals surface area contributed by atoms with Crippen molar-refractivity contribution in [1.82, 2.24) is 9.97 Å². The number of halogens is 1. The fourth-order valence-corrected chi connectivity index (χ4v) is 2.15. The Balaban J connectivity index is 1.68. The fraction of sp³-hybridized carbons (Fsp3) is 0.312. The summed E-state index contributed by atoms with van der Waals surface area (Å²) in [6.07, 6.45) is 5.49. The molecule has 1 fully saturated rings. The highest BCUT2D eigenvalue weighted by molar-refractivity contribution is 6.32. The molecule has 1 aliphatic rings. The Hall–Kier alpha value is -2.14. The molecule has 0 atom stereocenters. The minimum absolute atomic E-state index is 0.304. The number of carbonyl (C=O) groups is 1. The van der Waals surface area contributed by atoms with Gasteiger partial charge in [-0.2, -0.15) is 0 Å². The predicted octanol–water partition coefficient (Wildman–Crippen LogP) is 3.48. The number of nitrogens with one attached hydrogen (secondary N) is 1. The van der Waals surface area contributed by atoms with E-state index in [4.69, 9.17) is 16.3 Å². The van der Waals surface area contributed by atoms with Gasteiger partial charge in [-0.15, -0.1) is 0 Å². The summed E-state index contributed by atoms with van der Waals surface area (Å²) in [4.78, 5) is 20.4. The van der Waals surface area contributed by atoms with E-state index in [0.717, 1.165) is 5.56 Å². The van der Waals surface area contributed by atoms with Crippen LogP contribution in [0, 0.1) is 12.8 Å². The van der Waals surface area contributed by atoms with Crippen molar-refractivity contribution in [2.24, 2.45) is 5.92 Å². The fourth-order valence-electron chi connectivity index (χ4n) is 1.93. The molecule has 0 spiro atoms. The van der Waals surface area contributed by atoms with Gasteiger partial charge >= 0.3 is 0 Å². The second-order valence-electron chi connectivity index (χ2n) is 5.44. The number of hydrogen-bond donors (Lipinski definition) is 1. The van der Waals surface area contributed by atoms with Gasteiger partial charge in [-0.05, 0) is 49.4 Å². The summed E-state index contributed by atoms with van der Waals surface area (Å²) >= 11 is 6.12. The molecule has 6 heteroatoms. The van der Waals surface area contributed by atoms with E-state index < -0.39 is 0 Å². The molecule has 2 aromatic rings. The van der Waals surface area contributed by atoms with Crippen LogP contribution in [0.3, 0.4) is 0 Å². The van der Waals surface area contributed by atoms with Crippen LogP contribution in [-0.2, 0) is 0 Å². The average molecular weight is 318 g/mol. The van der Waals surface area contributed by atoms with Crippen molar-refractivity contribution in [3.63, 3.8) is 0 Å². The Labute approximate surface area is 133 Å². The number of rotatable bonds is 5. The van der Waals surface area contributed by atoms with Crippen LogP contribution >= 0.6 is 11.6 Å². The summed E-state index contributed by atoms with van der Waals surface area (Å²) in [7, 11) is 0. The average Bonchev–Trinajstić information content (AvgIpc) is 3.30. The summed E-state index contributed by atoms with van der Waals surface area (Å²) in [5.74, 6) is 1.18. The van der Waals surface area contributed by atoms with Gasteiger partial charge in [-0.25, -0.2) is 9.97 Å². The molecule has 0 bridgehead atoms. The lowest BCUT2D eigenvalue weighted by molar-refractivity contribution is 0.102. The second-order valence-corrected chi connectivity index (χ2v) is 5.85. The minimum atomic E-state index is -0.304. The van der Waals surface area contributed by atoms with E-state index >= 15 is 0 Å². The van der Waals surface area contributed by atoms with Gasteiger partial charge in [0.2, 0.25) is 5.88 Å². The van der Waals surface area contributed by atoms with Crippen molar-refractivity contribution in [1.29, 1.82) is 0 Å². The normalized spacial score (nSPS) is 13.7. The zero-order chi connectivity index (χ0) is 15.5. The Morgan fingerprint density at radius 1 is 1.41 bits per heavy atom. The van der Waals surface area contributed by atoms with E-state index in [2.05, 4.69) is 15.3 Å². The van der Waals surface area contributed by atoms with Crippen molar-refractivity contribution in [2.75, 3.05) is 11.9 Å². The Bertz CT molecular complexity index is 702. The van der Waals surface area contributed by atoms with Gasteiger partial charge in [0.05, 0.1) is 12.2 Å². The summed E-state index contributed by atoms with van der Waals surface area (Å²) in [5.41, 5.74) is 1.39. The van der Waals surface area contributed by atoms with Crippen LogP contribution < -0.4 is 10.1 Å². The molecule has 1 aliphatic carbocycles. The Kier molecular flexibility index (Phi) is 4.24. The molecule has 1 saturated carbocycles. The van der Waals surface area contributed by atoms with Crippen LogP contribution in [0.5, 0.6) is 5.88 Å². The van der Waals surface area contributed by atoms with Crippen LogP contribution in [0.2, 0.25) is 5.02 Å². The van der Waals surface area contributed by atoms with Crippen molar-refractivity contribution in [2.45, 2.75) is 19.8 Å². The first-order chi connectivity index (χ1) is 10.6. The highest BCUT2D eigenvalue weighted by Crippen LogP contribution is 2.31. The van der Waals surface area contributed by atoms with Gasteiger partial charge in [0.1, 0.15) is 10.8 Å². The van der Waals surface area contributed by atoms with Gasteiger partial charge in [0.25, 0.3) is 5.91 Å². The molecule has 0 unspecified atom stereocenters.